The van der Waals surface area contributed by atoms with Crippen molar-refractivity contribution in [3.63, 3.8) is 0 Å². The lowest BCUT2D eigenvalue weighted by Crippen LogP contribution is -2.19. The maximum absolute atomic E-state index is 11.7. The molecule has 1 fully saturated rings. The summed E-state index contributed by atoms with van der Waals surface area (Å²) in [6, 6.07) is 1.47. The smallest absolute Gasteiger partial charge is 0.274 e. The standard InChI is InChI=1S/C11H15N5O2/c1-6-4-9(17)16-11(13-6)14-10(15-16)8-3-2-7(5-12)18-8/h4,7-8H,2-3,5,12H2,1H3,(H,13,14,15). The third kappa shape index (κ3) is 1.81. The Labute approximate surface area is 103 Å². The Bertz CT molecular complexity index is 632. The number of ether oxygens (including phenoxy) is 1. The van der Waals surface area contributed by atoms with Crippen molar-refractivity contribution in [2.75, 3.05) is 6.54 Å². The van der Waals surface area contributed by atoms with E-state index in [0.29, 0.717) is 23.8 Å². The second kappa shape index (κ2) is 4.18. The first-order valence-corrected chi connectivity index (χ1v) is 5.99. The molecule has 18 heavy (non-hydrogen) atoms. The molecule has 0 aliphatic carbocycles. The van der Waals surface area contributed by atoms with Crippen LogP contribution in [0.4, 0.5) is 0 Å². The number of hydrogen-bond acceptors (Lipinski definition) is 5. The van der Waals surface area contributed by atoms with Crippen molar-refractivity contribution in [2.45, 2.75) is 32.0 Å². The van der Waals surface area contributed by atoms with E-state index in [1.165, 1.54) is 10.6 Å². The summed E-state index contributed by atoms with van der Waals surface area (Å²) in [5, 5.41) is 2.94. The SMILES string of the molecule is Cc1cc(=O)n2[nH]c(C3CCC(CN)O3)nc2n1. The van der Waals surface area contributed by atoms with Gasteiger partial charge in [0, 0.05) is 18.3 Å². The van der Waals surface area contributed by atoms with Crippen LogP contribution in [0.2, 0.25) is 0 Å². The molecule has 7 heteroatoms. The number of aromatic amines is 1. The molecule has 2 aromatic heterocycles. The minimum Gasteiger partial charge on any atom is -0.366 e. The summed E-state index contributed by atoms with van der Waals surface area (Å²) in [5.41, 5.74) is 6.07. The molecular formula is C11H15N5O2. The first-order valence-electron chi connectivity index (χ1n) is 5.99. The van der Waals surface area contributed by atoms with Crippen LogP contribution in [0, 0.1) is 6.92 Å². The van der Waals surface area contributed by atoms with Crippen LogP contribution in [0.1, 0.15) is 30.5 Å². The minimum absolute atomic E-state index is 0.0784. The van der Waals surface area contributed by atoms with E-state index in [9.17, 15) is 4.79 Å². The van der Waals surface area contributed by atoms with Gasteiger partial charge in [0.05, 0.1) is 6.10 Å². The van der Waals surface area contributed by atoms with E-state index in [1.807, 2.05) is 0 Å². The molecule has 2 aromatic rings. The fourth-order valence-electron chi connectivity index (χ4n) is 2.23. The van der Waals surface area contributed by atoms with Gasteiger partial charge in [-0.3, -0.25) is 9.89 Å². The van der Waals surface area contributed by atoms with Crippen LogP contribution in [0.5, 0.6) is 0 Å². The normalized spacial score (nSPS) is 23.9. The van der Waals surface area contributed by atoms with E-state index in [4.69, 9.17) is 10.5 Å². The van der Waals surface area contributed by atoms with Crippen molar-refractivity contribution in [2.24, 2.45) is 5.73 Å². The van der Waals surface area contributed by atoms with Crippen molar-refractivity contribution in [3.8, 4) is 0 Å². The summed E-state index contributed by atoms with van der Waals surface area (Å²) in [6.45, 7) is 2.28. The van der Waals surface area contributed by atoms with Crippen LogP contribution in [-0.2, 0) is 4.74 Å². The van der Waals surface area contributed by atoms with Gasteiger partial charge in [-0.15, -0.1) is 0 Å². The Hall–Kier alpha value is -1.73. The second-order valence-electron chi connectivity index (χ2n) is 4.54. The van der Waals surface area contributed by atoms with E-state index < -0.39 is 0 Å². The Morgan fingerprint density at radius 3 is 3.11 bits per heavy atom. The quantitative estimate of drug-likeness (QED) is 0.774. The molecule has 1 aliphatic heterocycles. The highest BCUT2D eigenvalue weighted by Gasteiger charge is 2.28. The lowest BCUT2D eigenvalue weighted by atomic mass is 10.2. The van der Waals surface area contributed by atoms with Crippen molar-refractivity contribution >= 4 is 5.78 Å². The lowest BCUT2D eigenvalue weighted by molar-refractivity contribution is 0.0449. The summed E-state index contributed by atoms with van der Waals surface area (Å²) < 4.78 is 7.07. The number of nitrogens with zero attached hydrogens (tertiary/aromatic N) is 3. The van der Waals surface area contributed by atoms with Gasteiger partial charge in [0.2, 0.25) is 0 Å². The number of rotatable bonds is 2. The second-order valence-corrected chi connectivity index (χ2v) is 4.54. The molecule has 0 spiro atoms. The number of nitrogens with two attached hydrogens (primary N) is 1. The molecule has 3 heterocycles. The molecule has 3 rings (SSSR count). The molecule has 3 N–H and O–H groups in total. The molecule has 96 valence electrons. The lowest BCUT2D eigenvalue weighted by Gasteiger charge is -2.08. The topological polar surface area (TPSA) is 98.3 Å². The van der Waals surface area contributed by atoms with E-state index in [1.54, 1.807) is 6.92 Å². The summed E-state index contributed by atoms with van der Waals surface area (Å²) >= 11 is 0. The molecule has 0 bridgehead atoms. The summed E-state index contributed by atoms with van der Waals surface area (Å²) in [6.07, 6.45) is 1.73. The van der Waals surface area contributed by atoms with Crippen LogP contribution in [0.25, 0.3) is 5.78 Å². The van der Waals surface area contributed by atoms with Crippen molar-refractivity contribution in [3.05, 3.63) is 27.9 Å². The highest BCUT2D eigenvalue weighted by atomic mass is 16.5. The largest absolute Gasteiger partial charge is 0.366 e. The Morgan fingerprint density at radius 2 is 2.39 bits per heavy atom. The summed E-state index contributed by atoms with van der Waals surface area (Å²) in [4.78, 5) is 20.3. The first-order chi connectivity index (χ1) is 8.67. The average molecular weight is 249 g/mol. The highest BCUT2D eigenvalue weighted by Crippen LogP contribution is 2.30. The van der Waals surface area contributed by atoms with Gasteiger partial charge in [0.15, 0.2) is 5.82 Å². The van der Waals surface area contributed by atoms with Crippen molar-refractivity contribution in [1.82, 2.24) is 19.6 Å². The maximum atomic E-state index is 11.7. The molecule has 2 unspecified atom stereocenters. The van der Waals surface area contributed by atoms with Crippen LogP contribution in [0.3, 0.4) is 0 Å². The van der Waals surface area contributed by atoms with Gasteiger partial charge in [-0.25, -0.2) is 4.98 Å². The monoisotopic (exact) mass is 249 g/mol. The number of nitrogens with one attached hydrogen (secondary N) is 1. The molecule has 1 saturated heterocycles. The van der Waals surface area contributed by atoms with E-state index >= 15 is 0 Å². The molecular weight excluding hydrogens is 234 g/mol. The van der Waals surface area contributed by atoms with Crippen molar-refractivity contribution < 1.29 is 4.74 Å². The molecule has 0 radical (unpaired) electrons. The molecule has 7 nitrogen and oxygen atoms in total. The van der Waals surface area contributed by atoms with Crippen LogP contribution in [0.15, 0.2) is 10.9 Å². The first kappa shape index (κ1) is 11.4. The number of hydrogen-bond donors (Lipinski definition) is 2. The number of fused-ring (bicyclic) bond motifs is 1. The van der Waals surface area contributed by atoms with Gasteiger partial charge in [0.25, 0.3) is 11.3 Å². The zero-order valence-electron chi connectivity index (χ0n) is 10.1. The Balaban J connectivity index is 1.99. The summed E-state index contributed by atoms with van der Waals surface area (Å²) in [7, 11) is 0. The van der Waals surface area contributed by atoms with Gasteiger partial charge in [-0.05, 0) is 19.8 Å². The number of H-pyrrole nitrogens is 1. The zero-order valence-corrected chi connectivity index (χ0v) is 10.1. The molecule has 2 atom stereocenters. The van der Waals surface area contributed by atoms with Gasteiger partial charge >= 0.3 is 0 Å². The van der Waals surface area contributed by atoms with Crippen LogP contribution >= 0.6 is 0 Å². The molecule has 0 saturated carbocycles. The predicted molar refractivity (Wildman–Crippen MR) is 64.2 cm³/mol. The highest BCUT2D eigenvalue weighted by molar-refractivity contribution is 5.28. The Morgan fingerprint density at radius 1 is 1.56 bits per heavy atom. The van der Waals surface area contributed by atoms with E-state index in [2.05, 4.69) is 15.1 Å². The zero-order chi connectivity index (χ0) is 12.7. The van der Waals surface area contributed by atoms with Crippen LogP contribution in [-0.4, -0.2) is 32.2 Å². The fraction of sp³-hybridized carbons (Fsp3) is 0.545. The van der Waals surface area contributed by atoms with E-state index in [0.717, 1.165) is 12.8 Å². The third-order valence-electron chi connectivity index (χ3n) is 3.15. The maximum Gasteiger partial charge on any atom is 0.274 e. The van der Waals surface area contributed by atoms with Gasteiger partial charge in [-0.2, -0.15) is 9.50 Å². The third-order valence-corrected chi connectivity index (χ3v) is 3.15. The van der Waals surface area contributed by atoms with Gasteiger partial charge in [0.1, 0.15) is 6.10 Å². The molecule has 0 aromatic carbocycles. The van der Waals surface area contributed by atoms with Crippen molar-refractivity contribution in [1.29, 1.82) is 0 Å². The molecule has 1 aliphatic rings. The van der Waals surface area contributed by atoms with Gasteiger partial charge < -0.3 is 10.5 Å². The number of aryl methyl sites for hydroxylation is 1. The predicted octanol–water partition coefficient (Wildman–Crippen LogP) is -0.0952. The van der Waals surface area contributed by atoms with Gasteiger partial charge in [-0.1, -0.05) is 0 Å². The summed E-state index contributed by atoms with van der Waals surface area (Å²) in [5.74, 6) is 1.02. The van der Waals surface area contributed by atoms with E-state index in [-0.39, 0.29) is 17.8 Å². The Kier molecular flexibility index (Phi) is 2.64. The average Bonchev–Trinajstić information content (AvgIpc) is 2.93. The van der Waals surface area contributed by atoms with Crippen LogP contribution < -0.4 is 11.3 Å². The number of aromatic nitrogens is 4. The minimum atomic E-state index is -0.162. The molecule has 0 amide bonds. The fourth-order valence-corrected chi connectivity index (χ4v) is 2.23.